The van der Waals surface area contributed by atoms with Crippen molar-refractivity contribution in [1.82, 2.24) is 5.32 Å². The minimum absolute atomic E-state index is 0.510. The van der Waals surface area contributed by atoms with E-state index in [-0.39, 0.29) is 0 Å². The summed E-state index contributed by atoms with van der Waals surface area (Å²) < 4.78 is 4.61. The standard InChI is InChI=1S/C12H25NO2/c1-3-5-7-12(4-2)10-13-8-6-9-15-11-14/h11-13H,3-10H2,1-2H3. The van der Waals surface area contributed by atoms with Gasteiger partial charge in [-0.15, -0.1) is 0 Å². The monoisotopic (exact) mass is 215 g/mol. The summed E-state index contributed by atoms with van der Waals surface area (Å²) in [6.07, 6.45) is 6.09. The summed E-state index contributed by atoms with van der Waals surface area (Å²) in [5.74, 6) is 0.803. The number of nitrogens with one attached hydrogen (secondary N) is 1. The van der Waals surface area contributed by atoms with E-state index in [0.717, 1.165) is 25.4 Å². The molecule has 0 rings (SSSR count). The summed E-state index contributed by atoms with van der Waals surface area (Å²) in [5, 5.41) is 3.41. The van der Waals surface area contributed by atoms with Crippen molar-refractivity contribution in [2.45, 2.75) is 46.0 Å². The van der Waals surface area contributed by atoms with E-state index in [1.54, 1.807) is 0 Å². The highest BCUT2D eigenvalue weighted by atomic mass is 16.5. The number of rotatable bonds is 11. The molecule has 0 aromatic rings. The molecule has 0 aliphatic rings. The van der Waals surface area contributed by atoms with Crippen LogP contribution in [0.2, 0.25) is 0 Å². The molecule has 0 aromatic heterocycles. The fourth-order valence-electron chi connectivity index (χ4n) is 1.58. The summed E-state index contributed by atoms with van der Waals surface area (Å²) in [6.45, 7) is 7.56. The molecule has 0 saturated carbocycles. The summed E-state index contributed by atoms with van der Waals surface area (Å²) >= 11 is 0. The Morgan fingerprint density at radius 1 is 1.33 bits per heavy atom. The Balaban J connectivity index is 3.25. The van der Waals surface area contributed by atoms with Crippen LogP contribution in [0.25, 0.3) is 0 Å². The van der Waals surface area contributed by atoms with Crippen molar-refractivity contribution in [3.05, 3.63) is 0 Å². The zero-order valence-corrected chi connectivity index (χ0v) is 10.1. The van der Waals surface area contributed by atoms with Gasteiger partial charge in [0.05, 0.1) is 6.61 Å². The van der Waals surface area contributed by atoms with Gasteiger partial charge in [0.2, 0.25) is 0 Å². The number of unbranched alkanes of at least 4 members (excludes halogenated alkanes) is 1. The molecule has 0 bridgehead atoms. The Morgan fingerprint density at radius 2 is 2.13 bits per heavy atom. The Hall–Kier alpha value is -0.570. The molecule has 0 heterocycles. The van der Waals surface area contributed by atoms with Gasteiger partial charge in [-0.25, -0.2) is 0 Å². The zero-order valence-electron chi connectivity index (χ0n) is 10.1. The molecular weight excluding hydrogens is 190 g/mol. The molecule has 0 aliphatic heterocycles. The molecule has 0 radical (unpaired) electrons. The minimum atomic E-state index is 0.510. The van der Waals surface area contributed by atoms with Crippen LogP contribution in [0.4, 0.5) is 0 Å². The molecule has 1 unspecified atom stereocenters. The second-order valence-electron chi connectivity index (χ2n) is 3.94. The van der Waals surface area contributed by atoms with Crippen molar-refractivity contribution in [1.29, 1.82) is 0 Å². The van der Waals surface area contributed by atoms with Crippen LogP contribution in [0.3, 0.4) is 0 Å². The quantitative estimate of drug-likeness (QED) is 0.425. The van der Waals surface area contributed by atoms with Crippen LogP contribution >= 0.6 is 0 Å². The Labute approximate surface area is 93.6 Å². The number of carbonyl (C=O) groups is 1. The first-order valence-corrected chi connectivity index (χ1v) is 6.11. The van der Waals surface area contributed by atoms with Gasteiger partial charge in [-0.3, -0.25) is 4.79 Å². The summed E-state index contributed by atoms with van der Waals surface area (Å²) in [5.41, 5.74) is 0. The maximum atomic E-state index is 9.87. The molecule has 0 spiro atoms. The van der Waals surface area contributed by atoms with Crippen molar-refractivity contribution in [3.8, 4) is 0 Å². The van der Waals surface area contributed by atoms with Crippen LogP contribution in [-0.4, -0.2) is 26.2 Å². The normalized spacial score (nSPS) is 12.4. The molecule has 3 nitrogen and oxygen atoms in total. The van der Waals surface area contributed by atoms with Crippen LogP contribution in [0, 0.1) is 5.92 Å². The van der Waals surface area contributed by atoms with Gasteiger partial charge in [-0.05, 0) is 31.8 Å². The maximum absolute atomic E-state index is 9.87. The van der Waals surface area contributed by atoms with E-state index < -0.39 is 0 Å². The molecule has 0 amide bonds. The predicted molar refractivity (Wildman–Crippen MR) is 62.8 cm³/mol. The lowest BCUT2D eigenvalue weighted by molar-refractivity contribution is -0.128. The van der Waals surface area contributed by atoms with E-state index >= 15 is 0 Å². The first kappa shape index (κ1) is 14.4. The van der Waals surface area contributed by atoms with Crippen molar-refractivity contribution in [3.63, 3.8) is 0 Å². The van der Waals surface area contributed by atoms with Crippen molar-refractivity contribution < 1.29 is 9.53 Å². The van der Waals surface area contributed by atoms with E-state index in [1.165, 1.54) is 25.7 Å². The minimum Gasteiger partial charge on any atom is -0.468 e. The van der Waals surface area contributed by atoms with Gasteiger partial charge in [-0.1, -0.05) is 33.1 Å². The number of hydrogen-bond acceptors (Lipinski definition) is 3. The number of hydrogen-bond donors (Lipinski definition) is 1. The molecule has 1 N–H and O–H groups in total. The van der Waals surface area contributed by atoms with Crippen LogP contribution in [-0.2, 0) is 9.53 Å². The lowest BCUT2D eigenvalue weighted by Gasteiger charge is -2.14. The topological polar surface area (TPSA) is 38.3 Å². The van der Waals surface area contributed by atoms with Gasteiger partial charge in [0, 0.05) is 0 Å². The molecule has 0 fully saturated rings. The SMILES string of the molecule is CCCCC(CC)CNCCCOC=O. The van der Waals surface area contributed by atoms with Crippen LogP contribution in [0.15, 0.2) is 0 Å². The molecule has 1 atom stereocenters. The fraction of sp³-hybridized carbons (Fsp3) is 0.917. The van der Waals surface area contributed by atoms with Crippen molar-refractivity contribution in [2.75, 3.05) is 19.7 Å². The lowest BCUT2D eigenvalue weighted by Crippen LogP contribution is -2.24. The van der Waals surface area contributed by atoms with Gasteiger partial charge in [0.1, 0.15) is 0 Å². The molecular formula is C12H25NO2. The highest BCUT2D eigenvalue weighted by Crippen LogP contribution is 2.10. The van der Waals surface area contributed by atoms with Crippen LogP contribution < -0.4 is 5.32 Å². The Bertz CT molecular complexity index is 140. The molecule has 0 saturated heterocycles. The second-order valence-corrected chi connectivity index (χ2v) is 3.94. The highest BCUT2D eigenvalue weighted by Gasteiger charge is 2.04. The van der Waals surface area contributed by atoms with Crippen molar-refractivity contribution >= 4 is 6.47 Å². The number of carbonyl (C=O) groups excluding carboxylic acids is 1. The van der Waals surface area contributed by atoms with Gasteiger partial charge in [-0.2, -0.15) is 0 Å². The van der Waals surface area contributed by atoms with E-state index in [2.05, 4.69) is 23.9 Å². The summed E-state index contributed by atoms with van der Waals surface area (Å²) in [7, 11) is 0. The predicted octanol–water partition coefficient (Wildman–Crippen LogP) is 2.36. The first-order chi connectivity index (χ1) is 7.35. The van der Waals surface area contributed by atoms with Crippen molar-refractivity contribution in [2.24, 2.45) is 5.92 Å². The molecule has 90 valence electrons. The van der Waals surface area contributed by atoms with E-state index in [9.17, 15) is 4.79 Å². The molecule has 3 heteroatoms. The van der Waals surface area contributed by atoms with E-state index in [1.807, 2.05) is 0 Å². The maximum Gasteiger partial charge on any atom is 0.293 e. The summed E-state index contributed by atoms with van der Waals surface area (Å²) in [4.78, 5) is 9.87. The lowest BCUT2D eigenvalue weighted by atomic mass is 9.99. The first-order valence-electron chi connectivity index (χ1n) is 6.11. The highest BCUT2D eigenvalue weighted by molar-refractivity contribution is 5.36. The van der Waals surface area contributed by atoms with E-state index in [0.29, 0.717) is 13.1 Å². The van der Waals surface area contributed by atoms with Gasteiger partial charge < -0.3 is 10.1 Å². The Kier molecular flexibility index (Phi) is 11.1. The van der Waals surface area contributed by atoms with E-state index in [4.69, 9.17) is 0 Å². The smallest absolute Gasteiger partial charge is 0.293 e. The van der Waals surface area contributed by atoms with Crippen LogP contribution in [0.5, 0.6) is 0 Å². The third-order valence-electron chi connectivity index (χ3n) is 2.66. The molecule has 15 heavy (non-hydrogen) atoms. The third kappa shape index (κ3) is 9.73. The molecule has 0 aliphatic carbocycles. The Morgan fingerprint density at radius 3 is 2.73 bits per heavy atom. The van der Waals surface area contributed by atoms with Crippen LogP contribution in [0.1, 0.15) is 46.0 Å². The van der Waals surface area contributed by atoms with Gasteiger partial charge >= 0.3 is 0 Å². The fourth-order valence-corrected chi connectivity index (χ4v) is 1.58. The van der Waals surface area contributed by atoms with Gasteiger partial charge in [0.15, 0.2) is 0 Å². The average Bonchev–Trinajstić information content (AvgIpc) is 2.27. The second kappa shape index (κ2) is 11.5. The zero-order chi connectivity index (χ0) is 11.4. The summed E-state index contributed by atoms with van der Waals surface area (Å²) in [6, 6.07) is 0. The number of ether oxygens (including phenoxy) is 1. The average molecular weight is 215 g/mol. The van der Waals surface area contributed by atoms with Gasteiger partial charge in [0.25, 0.3) is 6.47 Å². The largest absolute Gasteiger partial charge is 0.468 e. The molecule has 0 aromatic carbocycles. The third-order valence-corrected chi connectivity index (χ3v) is 2.66.